The average Bonchev–Trinajstić information content (AvgIpc) is 2.41. The Morgan fingerprint density at radius 2 is 1.48 bits per heavy atom. The van der Waals surface area contributed by atoms with Crippen LogP contribution in [0.5, 0.6) is 0 Å². The maximum atomic E-state index is 13.9. The van der Waals surface area contributed by atoms with Crippen LogP contribution in [-0.2, 0) is 6.42 Å². The van der Waals surface area contributed by atoms with Crippen molar-refractivity contribution in [3.05, 3.63) is 35.4 Å². The van der Waals surface area contributed by atoms with Gasteiger partial charge in [0, 0.05) is 10.9 Å². The molecular weight excluding hydrogens is 290 g/mol. The molecule has 114 valence electrons. The van der Waals surface area contributed by atoms with Crippen LogP contribution >= 0.6 is 11.6 Å². The quantitative estimate of drug-likeness (QED) is 0.662. The Balaban J connectivity index is 1.59. The second-order valence-electron chi connectivity index (χ2n) is 7.65. The van der Waals surface area contributed by atoms with Crippen LogP contribution in [0.15, 0.2) is 18.2 Å². The molecule has 0 nitrogen and oxygen atoms in total. The van der Waals surface area contributed by atoms with Gasteiger partial charge in [0.2, 0.25) is 0 Å². The van der Waals surface area contributed by atoms with Crippen LogP contribution in [0.1, 0.15) is 44.1 Å². The van der Waals surface area contributed by atoms with Crippen molar-refractivity contribution in [1.29, 1.82) is 0 Å². The van der Waals surface area contributed by atoms with Gasteiger partial charge in [0.15, 0.2) is 0 Å². The lowest BCUT2D eigenvalue weighted by Gasteiger charge is -2.58. The van der Waals surface area contributed by atoms with Crippen molar-refractivity contribution < 1.29 is 8.78 Å². The summed E-state index contributed by atoms with van der Waals surface area (Å²) in [5.41, 5.74) is 0.304. The van der Waals surface area contributed by atoms with E-state index in [1.54, 1.807) is 0 Å². The highest BCUT2D eigenvalue weighted by Gasteiger charge is 2.53. The van der Waals surface area contributed by atoms with E-state index in [0.29, 0.717) is 6.42 Å². The van der Waals surface area contributed by atoms with Crippen LogP contribution in [0.3, 0.4) is 0 Å². The number of rotatable bonds is 3. The molecule has 0 N–H and O–H groups in total. The lowest BCUT2D eigenvalue weighted by Crippen LogP contribution is -2.50. The van der Waals surface area contributed by atoms with Gasteiger partial charge >= 0.3 is 0 Å². The zero-order chi connectivity index (χ0) is 14.6. The Bertz CT molecular complexity index is 499. The summed E-state index contributed by atoms with van der Waals surface area (Å²) in [6, 6.07) is 4.09. The van der Waals surface area contributed by atoms with Crippen molar-refractivity contribution in [1.82, 2.24) is 0 Å². The standard InChI is InChI=1S/C18H21ClF2/c19-17(7-14-15(20)2-1-3-16(14)21)18-8-11-4-12(9-18)6-13(5-11)10-18/h1-3,11-13,17H,4-10H2. The second kappa shape index (κ2) is 4.94. The van der Waals surface area contributed by atoms with E-state index in [-0.39, 0.29) is 16.4 Å². The van der Waals surface area contributed by atoms with Gasteiger partial charge in [0.25, 0.3) is 0 Å². The fourth-order valence-electron chi connectivity index (χ4n) is 5.68. The Kier molecular flexibility index (Phi) is 3.29. The molecule has 1 atom stereocenters. The molecule has 0 radical (unpaired) electrons. The van der Waals surface area contributed by atoms with Crippen LogP contribution < -0.4 is 0 Å². The monoisotopic (exact) mass is 310 g/mol. The van der Waals surface area contributed by atoms with Crippen LogP contribution in [0, 0.1) is 34.8 Å². The zero-order valence-electron chi connectivity index (χ0n) is 12.1. The molecule has 1 aromatic carbocycles. The molecule has 0 heterocycles. The van der Waals surface area contributed by atoms with Crippen molar-refractivity contribution in [2.45, 2.75) is 50.3 Å². The fraction of sp³-hybridized carbons (Fsp3) is 0.667. The van der Waals surface area contributed by atoms with E-state index in [1.165, 1.54) is 56.7 Å². The summed E-state index contributed by atoms with van der Waals surface area (Å²) in [5.74, 6) is 1.52. The largest absolute Gasteiger partial charge is 0.207 e. The summed E-state index contributed by atoms with van der Waals surface area (Å²) in [6.07, 6.45) is 7.91. The molecule has 4 saturated carbocycles. The number of hydrogen-bond donors (Lipinski definition) is 0. The molecule has 3 heteroatoms. The van der Waals surface area contributed by atoms with Crippen molar-refractivity contribution in [2.24, 2.45) is 23.2 Å². The lowest BCUT2D eigenvalue weighted by molar-refractivity contribution is -0.0546. The highest BCUT2D eigenvalue weighted by atomic mass is 35.5. The third-order valence-corrected chi connectivity index (χ3v) is 6.81. The van der Waals surface area contributed by atoms with E-state index in [4.69, 9.17) is 11.6 Å². The molecular formula is C18H21ClF2. The van der Waals surface area contributed by atoms with Gasteiger partial charge in [-0.1, -0.05) is 6.07 Å². The smallest absolute Gasteiger partial charge is 0.129 e. The molecule has 4 aliphatic carbocycles. The molecule has 0 saturated heterocycles. The van der Waals surface area contributed by atoms with E-state index in [9.17, 15) is 8.78 Å². The summed E-state index contributed by atoms with van der Waals surface area (Å²) in [5, 5.41) is -0.141. The van der Waals surface area contributed by atoms with Crippen LogP contribution in [-0.4, -0.2) is 5.38 Å². The predicted octanol–water partition coefficient (Wildman–Crippen LogP) is 5.33. The number of halogens is 3. The average molecular weight is 311 g/mol. The minimum absolute atomic E-state index is 0.130. The van der Waals surface area contributed by atoms with E-state index in [0.717, 1.165) is 17.8 Å². The Morgan fingerprint density at radius 3 is 1.95 bits per heavy atom. The first kappa shape index (κ1) is 14.0. The molecule has 1 aromatic rings. The van der Waals surface area contributed by atoms with E-state index in [2.05, 4.69) is 0 Å². The lowest BCUT2D eigenvalue weighted by atomic mass is 9.48. The maximum absolute atomic E-state index is 13.9. The summed E-state index contributed by atoms with van der Waals surface area (Å²) >= 11 is 6.75. The van der Waals surface area contributed by atoms with Crippen molar-refractivity contribution in [2.75, 3.05) is 0 Å². The first-order valence-corrected chi connectivity index (χ1v) is 8.56. The first-order valence-electron chi connectivity index (χ1n) is 8.13. The highest BCUT2D eigenvalue weighted by molar-refractivity contribution is 6.21. The Labute approximate surface area is 129 Å². The van der Waals surface area contributed by atoms with Gasteiger partial charge in [-0.15, -0.1) is 11.6 Å². The van der Waals surface area contributed by atoms with Gasteiger partial charge in [-0.3, -0.25) is 0 Å². The third-order valence-electron chi connectivity index (χ3n) is 6.20. The third kappa shape index (κ3) is 2.30. The minimum atomic E-state index is -0.453. The normalized spacial score (nSPS) is 38.7. The molecule has 4 bridgehead atoms. The maximum Gasteiger partial charge on any atom is 0.129 e. The summed E-state index contributed by atoms with van der Waals surface area (Å²) in [4.78, 5) is 0. The molecule has 4 fully saturated rings. The number of alkyl halides is 1. The fourth-order valence-corrected chi connectivity index (χ4v) is 6.11. The topological polar surface area (TPSA) is 0 Å². The summed E-state index contributed by atoms with van der Waals surface area (Å²) in [7, 11) is 0. The number of benzene rings is 1. The van der Waals surface area contributed by atoms with Crippen LogP contribution in [0.25, 0.3) is 0 Å². The van der Waals surface area contributed by atoms with Gasteiger partial charge in [-0.05, 0) is 80.2 Å². The van der Waals surface area contributed by atoms with E-state index < -0.39 is 11.6 Å². The highest BCUT2D eigenvalue weighted by Crippen LogP contribution is 2.62. The van der Waals surface area contributed by atoms with Gasteiger partial charge in [0.1, 0.15) is 11.6 Å². The van der Waals surface area contributed by atoms with Gasteiger partial charge < -0.3 is 0 Å². The molecule has 1 unspecified atom stereocenters. The van der Waals surface area contributed by atoms with Crippen molar-refractivity contribution in [3.8, 4) is 0 Å². The van der Waals surface area contributed by atoms with Crippen molar-refractivity contribution >= 4 is 11.6 Å². The molecule has 21 heavy (non-hydrogen) atoms. The minimum Gasteiger partial charge on any atom is -0.207 e. The van der Waals surface area contributed by atoms with E-state index >= 15 is 0 Å². The Morgan fingerprint density at radius 1 is 1.00 bits per heavy atom. The molecule has 0 spiro atoms. The molecule has 4 aliphatic rings. The number of hydrogen-bond acceptors (Lipinski definition) is 0. The van der Waals surface area contributed by atoms with Crippen LogP contribution in [0.2, 0.25) is 0 Å². The zero-order valence-corrected chi connectivity index (χ0v) is 12.9. The molecule has 0 aliphatic heterocycles. The van der Waals surface area contributed by atoms with Gasteiger partial charge in [-0.25, -0.2) is 8.78 Å². The second-order valence-corrected chi connectivity index (χ2v) is 8.18. The molecule has 5 rings (SSSR count). The van der Waals surface area contributed by atoms with Crippen molar-refractivity contribution in [3.63, 3.8) is 0 Å². The summed E-state index contributed by atoms with van der Waals surface area (Å²) < 4.78 is 27.8. The van der Waals surface area contributed by atoms with Crippen LogP contribution in [0.4, 0.5) is 8.78 Å². The summed E-state index contributed by atoms with van der Waals surface area (Å²) in [6.45, 7) is 0. The van der Waals surface area contributed by atoms with E-state index in [1.807, 2.05) is 0 Å². The van der Waals surface area contributed by atoms with Gasteiger partial charge in [-0.2, -0.15) is 0 Å². The molecule has 0 aromatic heterocycles. The first-order chi connectivity index (χ1) is 10.1. The van der Waals surface area contributed by atoms with Gasteiger partial charge in [0.05, 0.1) is 0 Å². The SMILES string of the molecule is Fc1cccc(F)c1CC(Cl)C12CC3CC(CC(C3)C1)C2. The Hall–Kier alpha value is -0.630. The predicted molar refractivity (Wildman–Crippen MR) is 80.3 cm³/mol. The molecule has 0 amide bonds.